The molecule has 128 valence electrons. The summed E-state index contributed by atoms with van der Waals surface area (Å²) in [5, 5.41) is 4.50. The van der Waals surface area contributed by atoms with Gasteiger partial charge in [-0.2, -0.15) is 0 Å². The molecular weight excluding hydrogens is 389 g/mol. The van der Waals surface area contributed by atoms with Crippen LogP contribution in [-0.2, 0) is 7.05 Å². The molecule has 0 unspecified atom stereocenters. The molecule has 0 spiro atoms. The first-order valence-electron chi connectivity index (χ1n) is 9.46. The van der Waals surface area contributed by atoms with Crippen LogP contribution in [0.25, 0.3) is 11.0 Å². The van der Waals surface area contributed by atoms with E-state index in [9.17, 15) is 0 Å². The zero-order chi connectivity index (χ0) is 16.7. The maximum absolute atomic E-state index is 5.14. The van der Waals surface area contributed by atoms with E-state index in [4.69, 9.17) is 4.98 Å². The van der Waals surface area contributed by atoms with Crippen LogP contribution < -0.4 is 3.71 Å². The average molecular weight is 422 g/mol. The number of rotatable bonds is 10. The quantitative estimate of drug-likeness (QED) is 0.504. The Morgan fingerprint density at radius 3 is 1.96 bits per heavy atom. The van der Waals surface area contributed by atoms with Gasteiger partial charge in [0.15, 0.2) is 0 Å². The Balaban J connectivity index is 2.40. The first-order chi connectivity index (χ1) is 11.1. The molecule has 2 heterocycles. The molecule has 2 rings (SSSR count). The molecular formula is C19H33N3Sn. The van der Waals surface area contributed by atoms with Crippen LogP contribution in [0.3, 0.4) is 0 Å². The molecule has 0 radical (unpaired) electrons. The Hall–Kier alpha value is -0.581. The van der Waals surface area contributed by atoms with Gasteiger partial charge >= 0.3 is 146 Å². The van der Waals surface area contributed by atoms with Gasteiger partial charge in [-0.3, -0.25) is 0 Å². The Labute approximate surface area is 145 Å². The van der Waals surface area contributed by atoms with Gasteiger partial charge in [-0.1, -0.05) is 0 Å². The number of aryl methyl sites for hydroxylation is 1. The fourth-order valence-corrected chi connectivity index (χ4v) is 19.0. The second kappa shape index (κ2) is 9.05. The van der Waals surface area contributed by atoms with Crippen molar-refractivity contribution in [3.05, 3.63) is 18.3 Å². The van der Waals surface area contributed by atoms with Crippen LogP contribution in [0.1, 0.15) is 59.3 Å². The van der Waals surface area contributed by atoms with Gasteiger partial charge in [0.05, 0.1) is 0 Å². The van der Waals surface area contributed by atoms with Crippen molar-refractivity contribution in [2.45, 2.75) is 72.6 Å². The Bertz CT molecular complexity index is 584. The van der Waals surface area contributed by atoms with E-state index in [1.807, 2.05) is 11.7 Å². The van der Waals surface area contributed by atoms with Crippen LogP contribution in [0.2, 0.25) is 13.3 Å². The van der Waals surface area contributed by atoms with Crippen molar-refractivity contribution < 1.29 is 0 Å². The minimum absolute atomic E-state index is 1.04. The molecule has 0 aliphatic carbocycles. The molecule has 0 amide bonds. The molecule has 0 saturated carbocycles. The van der Waals surface area contributed by atoms with Crippen LogP contribution in [0.4, 0.5) is 0 Å². The Morgan fingerprint density at radius 1 is 0.870 bits per heavy atom. The van der Waals surface area contributed by atoms with Crippen molar-refractivity contribution in [1.29, 1.82) is 0 Å². The summed E-state index contributed by atoms with van der Waals surface area (Å²) in [6.07, 6.45) is 10.2. The van der Waals surface area contributed by atoms with Gasteiger partial charge in [0, 0.05) is 0 Å². The third-order valence-corrected chi connectivity index (χ3v) is 20.2. The Kier molecular flexibility index (Phi) is 7.38. The van der Waals surface area contributed by atoms with Crippen molar-refractivity contribution in [1.82, 2.24) is 14.8 Å². The van der Waals surface area contributed by atoms with Gasteiger partial charge in [-0.05, 0) is 0 Å². The summed E-state index contributed by atoms with van der Waals surface area (Å²) in [6, 6.07) is 4.56. The van der Waals surface area contributed by atoms with E-state index in [1.165, 1.54) is 55.5 Å². The monoisotopic (exact) mass is 423 g/mol. The molecule has 23 heavy (non-hydrogen) atoms. The first-order valence-corrected chi connectivity index (χ1v) is 16.9. The number of fused-ring (bicyclic) bond motifs is 1. The van der Waals surface area contributed by atoms with E-state index in [0.29, 0.717) is 0 Å². The zero-order valence-electron chi connectivity index (χ0n) is 15.4. The minimum atomic E-state index is -2.38. The molecule has 2 aromatic rings. The van der Waals surface area contributed by atoms with Crippen molar-refractivity contribution in [2.24, 2.45) is 7.05 Å². The third-order valence-electron chi connectivity index (χ3n) is 5.05. The van der Waals surface area contributed by atoms with Crippen LogP contribution in [-0.4, -0.2) is 33.1 Å². The molecule has 0 aliphatic rings. The van der Waals surface area contributed by atoms with Gasteiger partial charge in [0.2, 0.25) is 0 Å². The topological polar surface area (TPSA) is 30.7 Å². The van der Waals surface area contributed by atoms with E-state index < -0.39 is 18.4 Å². The fraction of sp³-hybridized carbons (Fsp3) is 0.684. The summed E-state index contributed by atoms with van der Waals surface area (Å²) in [4.78, 5) is 5.14. The number of hydrogen-bond donors (Lipinski definition) is 0. The Morgan fingerprint density at radius 2 is 1.43 bits per heavy atom. The van der Waals surface area contributed by atoms with Crippen LogP contribution in [0, 0.1) is 0 Å². The molecule has 0 bridgehead atoms. The van der Waals surface area contributed by atoms with Gasteiger partial charge in [0.25, 0.3) is 0 Å². The van der Waals surface area contributed by atoms with Crippen LogP contribution in [0.5, 0.6) is 0 Å². The van der Waals surface area contributed by atoms with E-state index in [-0.39, 0.29) is 0 Å². The average Bonchev–Trinajstić information content (AvgIpc) is 2.93. The molecule has 0 aliphatic heterocycles. The first kappa shape index (κ1) is 18.8. The van der Waals surface area contributed by atoms with Gasteiger partial charge < -0.3 is 0 Å². The van der Waals surface area contributed by atoms with Crippen molar-refractivity contribution in [2.75, 3.05) is 0 Å². The van der Waals surface area contributed by atoms with Crippen molar-refractivity contribution >= 4 is 33.1 Å². The SMILES string of the molecule is CCC[CH2][Sn]([CH2]CCC)([CH2]CCC)[c]1ccc2nn(C)cc2n1. The number of pyridine rings is 1. The molecule has 3 nitrogen and oxygen atoms in total. The van der Waals surface area contributed by atoms with E-state index in [2.05, 4.69) is 44.2 Å². The molecule has 4 heteroatoms. The molecule has 0 aromatic carbocycles. The standard InChI is InChI=1S/C7H6N3.3C4H9.Sn/c1-10-5-7-6(9-10)3-2-4-8-7;3*1-3-4-2;/h2-3,5H,1H3;3*1,3-4H2,2H3;. The van der Waals surface area contributed by atoms with Crippen molar-refractivity contribution in [3.63, 3.8) is 0 Å². The van der Waals surface area contributed by atoms with Gasteiger partial charge in [-0.25, -0.2) is 0 Å². The molecule has 0 N–H and O–H groups in total. The summed E-state index contributed by atoms with van der Waals surface area (Å²) in [5.74, 6) is 0. The van der Waals surface area contributed by atoms with E-state index in [1.54, 1.807) is 0 Å². The molecule has 0 atom stereocenters. The fourth-order valence-electron chi connectivity index (χ4n) is 3.62. The predicted octanol–water partition coefficient (Wildman–Crippen LogP) is 5.02. The summed E-state index contributed by atoms with van der Waals surface area (Å²) >= 11 is -2.38. The third kappa shape index (κ3) is 4.71. The van der Waals surface area contributed by atoms with Crippen LogP contribution in [0.15, 0.2) is 18.3 Å². The van der Waals surface area contributed by atoms with Gasteiger partial charge in [0.1, 0.15) is 0 Å². The van der Waals surface area contributed by atoms with Crippen LogP contribution >= 0.6 is 0 Å². The van der Waals surface area contributed by atoms with Gasteiger partial charge in [-0.15, -0.1) is 0 Å². The van der Waals surface area contributed by atoms with E-state index >= 15 is 0 Å². The zero-order valence-corrected chi connectivity index (χ0v) is 18.3. The summed E-state index contributed by atoms with van der Waals surface area (Å²) in [5.41, 5.74) is 2.13. The molecule has 0 saturated heterocycles. The summed E-state index contributed by atoms with van der Waals surface area (Å²) < 4.78 is 7.83. The van der Waals surface area contributed by atoms with E-state index in [0.717, 1.165) is 11.0 Å². The van der Waals surface area contributed by atoms with Crippen molar-refractivity contribution in [3.8, 4) is 0 Å². The second-order valence-corrected chi connectivity index (χ2v) is 20.0. The number of nitrogens with zero attached hydrogens (tertiary/aromatic N) is 3. The second-order valence-electron chi connectivity index (χ2n) is 6.99. The number of aromatic nitrogens is 3. The maximum atomic E-state index is 5.14. The normalized spacial score (nSPS) is 12.2. The predicted molar refractivity (Wildman–Crippen MR) is 103 cm³/mol. The number of hydrogen-bond acceptors (Lipinski definition) is 2. The summed E-state index contributed by atoms with van der Waals surface area (Å²) in [6.45, 7) is 6.98. The molecule has 2 aromatic heterocycles. The summed E-state index contributed by atoms with van der Waals surface area (Å²) in [7, 11) is 1.99. The molecule has 0 fully saturated rings. The number of unbranched alkanes of at least 4 members (excludes halogenated alkanes) is 3.